The molecule has 4 N–H and O–H groups in total. The first-order chi connectivity index (χ1) is 12.8. The molecule has 0 aliphatic carbocycles. The summed E-state index contributed by atoms with van der Waals surface area (Å²) in [6, 6.07) is 2.90. The number of phenolic OH excluding ortho intramolecular Hbond substituents is 1. The summed E-state index contributed by atoms with van der Waals surface area (Å²) in [4.78, 5) is 12.6. The Hall–Kier alpha value is -2.13. The number of aromatic hydroxyl groups is 1. The summed E-state index contributed by atoms with van der Waals surface area (Å²) >= 11 is 0. The maximum absolute atomic E-state index is 12.6. The third-order valence-electron chi connectivity index (χ3n) is 4.78. The molecule has 0 saturated carbocycles. The molecular weight excluding hydrogens is 356 g/mol. The zero-order valence-electron chi connectivity index (χ0n) is 15.1. The van der Waals surface area contributed by atoms with E-state index in [0.717, 1.165) is 0 Å². The molecule has 148 valence electrons. The second kappa shape index (κ2) is 7.85. The van der Waals surface area contributed by atoms with Crippen LogP contribution in [0.1, 0.15) is 41.8 Å². The number of benzene rings is 1. The quantitative estimate of drug-likeness (QED) is 0.320. The van der Waals surface area contributed by atoms with Gasteiger partial charge in [0.25, 0.3) is 0 Å². The van der Waals surface area contributed by atoms with Crippen LogP contribution in [0, 0.1) is 0 Å². The minimum Gasteiger partial charge on any atom is -0.507 e. The number of carbonyl (C=O) groups is 1. The first kappa shape index (κ1) is 19.6. The van der Waals surface area contributed by atoms with E-state index in [4.69, 9.17) is 14.2 Å². The van der Waals surface area contributed by atoms with Crippen LogP contribution in [0.4, 0.5) is 0 Å². The van der Waals surface area contributed by atoms with Gasteiger partial charge < -0.3 is 34.6 Å². The molecule has 1 saturated heterocycles. The van der Waals surface area contributed by atoms with Crippen molar-refractivity contribution in [1.82, 2.24) is 0 Å². The number of cyclic esters (lactones) is 1. The van der Waals surface area contributed by atoms with Crippen LogP contribution in [0.2, 0.25) is 0 Å². The fourth-order valence-corrected chi connectivity index (χ4v) is 3.20. The molecule has 2 heterocycles. The van der Waals surface area contributed by atoms with Gasteiger partial charge in [-0.25, -0.2) is 4.79 Å². The van der Waals surface area contributed by atoms with Crippen molar-refractivity contribution in [1.29, 1.82) is 0 Å². The largest absolute Gasteiger partial charge is 0.507 e. The van der Waals surface area contributed by atoms with E-state index in [0.29, 0.717) is 17.7 Å². The van der Waals surface area contributed by atoms with E-state index in [9.17, 15) is 25.2 Å². The number of esters is 1. The Kier molecular flexibility index (Phi) is 5.71. The number of aliphatic hydroxyl groups excluding tert-OH is 3. The van der Waals surface area contributed by atoms with Gasteiger partial charge in [0.15, 0.2) is 0 Å². The Balaban J connectivity index is 1.97. The Labute approximate surface area is 156 Å². The van der Waals surface area contributed by atoms with Crippen LogP contribution in [-0.4, -0.2) is 64.0 Å². The maximum Gasteiger partial charge on any atom is 0.342 e. The van der Waals surface area contributed by atoms with Crippen LogP contribution in [0.25, 0.3) is 0 Å². The third kappa shape index (κ3) is 4.24. The summed E-state index contributed by atoms with van der Waals surface area (Å²) in [7, 11) is 1.43. The molecule has 8 heteroatoms. The second-order valence-corrected chi connectivity index (χ2v) is 6.87. The summed E-state index contributed by atoms with van der Waals surface area (Å²) < 4.78 is 16.1. The molecule has 27 heavy (non-hydrogen) atoms. The first-order valence-electron chi connectivity index (χ1n) is 8.80. The smallest absolute Gasteiger partial charge is 0.342 e. The van der Waals surface area contributed by atoms with Crippen LogP contribution in [-0.2, 0) is 9.47 Å². The average molecular weight is 380 g/mol. The van der Waals surface area contributed by atoms with E-state index in [2.05, 4.69) is 0 Å². The number of hydrogen-bond acceptors (Lipinski definition) is 8. The van der Waals surface area contributed by atoms with Gasteiger partial charge in [0.2, 0.25) is 0 Å². The fraction of sp³-hybridized carbons (Fsp3) is 0.526. The van der Waals surface area contributed by atoms with Crippen LogP contribution in [0.3, 0.4) is 0 Å². The van der Waals surface area contributed by atoms with Crippen molar-refractivity contribution < 1.29 is 39.4 Å². The molecule has 6 atom stereocenters. The molecular formula is C19H24O8. The molecule has 0 aromatic heterocycles. The van der Waals surface area contributed by atoms with E-state index >= 15 is 0 Å². The zero-order valence-corrected chi connectivity index (χ0v) is 15.1. The van der Waals surface area contributed by atoms with E-state index in [1.165, 1.54) is 19.3 Å². The Morgan fingerprint density at radius 2 is 1.96 bits per heavy atom. The lowest BCUT2D eigenvalue weighted by Crippen LogP contribution is -2.37. The molecule has 2 aliphatic rings. The highest BCUT2D eigenvalue weighted by Gasteiger charge is 2.45. The van der Waals surface area contributed by atoms with Crippen molar-refractivity contribution in [2.24, 2.45) is 0 Å². The third-order valence-corrected chi connectivity index (χ3v) is 4.78. The Morgan fingerprint density at radius 1 is 1.22 bits per heavy atom. The first-order valence-corrected chi connectivity index (χ1v) is 8.80. The summed E-state index contributed by atoms with van der Waals surface area (Å²) in [6.45, 7) is 1.67. The average Bonchev–Trinajstić information content (AvgIpc) is 3.38. The zero-order chi connectivity index (χ0) is 19.7. The number of methoxy groups -OCH3 is 1. The number of carbonyl (C=O) groups excluding carboxylic acids is 1. The van der Waals surface area contributed by atoms with E-state index in [-0.39, 0.29) is 17.7 Å². The summed E-state index contributed by atoms with van der Waals surface area (Å²) in [5.41, 5.74) is 0.384. The Morgan fingerprint density at radius 3 is 2.67 bits per heavy atom. The molecule has 8 nitrogen and oxygen atoms in total. The van der Waals surface area contributed by atoms with Gasteiger partial charge in [-0.1, -0.05) is 12.2 Å². The van der Waals surface area contributed by atoms with E-state index < -0.39 is 42.6 Å². The van der Waals surface area contributed by atoms with Crippen LogP contribution < -0.4 is 4.74 Å². The van der Waals surface area contributed by atoms with Gasteiger partial charge in [-0.3, -0.25) is 0 Å². The molecule has 0 amide bonds. The van der Waals surface area contributed by atoms with Gasteiger partial charge >= 0.3 is 5.97 Å². The minimum atomic E-state index is -1.37. The lowest BCUT2D eigenvalue weighted by Gasteiger charge is -2.21. The number of ether oxygens (including phenoxy) is 3. The van der Waals surface area contributed by atoms with Crippen molar-refractivity contribution in [3.05, 3.63) is 35.4 Å². The van der Waals surface area contributed by atoms with Gasteiger partial charge in [0.1, 0.15) is 41.5 Å². The molecule has 1 aromatic rings. The fourth-order valence-electron chi connectivity index (χ4n) is 3.20. The number of hydrogen-bond donors (Lipinski definition) is 4. The SMILES string of the molecule is COc1cc(O)c2c(c1)[C@@H]1O[C@@H]1C[C@H](O)[C@H](O)[C@H](O)/C=C\C[C@H](C)OC2=O. The van der Waals surface area contributed by atoms with Gasteiger partial charge in [-0.15, -0.1) is 0 Å². The van der Waals surface area contributed by atoms with Crippen molar-refractivity contribution in [2.75, 3.05) is 7.11 Å². The predicted molar refractivity (Wildman–Crippen MR) is 93.5 cm³/mol. The number of fused-ring (bicyclic) bond motifs is 3. The molecule has 1 fully saturated rings. The summed E-state index contributed by atoms with van der Waals surface area (Å²) in [5.74, 6) is -0.630. The van der Waals surface area contributed by atoms with E-state index in [1.807, 2.05) is 0 Å². The standard InChI is InChI=1S/C19H24O8/c1-9-4-3-5-12(20)17(23)14(22)8-15-18(27-15)11-6-10(25-2)7-13(21)16(11)19(24)26-9/h3,5-7,9,12,14-15,17-18,20-23H,4,8H2,1-2H3/b5-3-/t9-,12+,14-,15+,17+,18-/m0/s1. The minimum absolute atomic E-state index is 0.00809. The van der Waals surface area contributed by atoms with Crippen LogP contribution >= 0.6 is 0 Å². The molecule has 0 unspecified atom stereocenters. The highest BCUT2D eigenvalue weighted by Crippen LogP contribution is 2.46. The van der Waals surface area contributed by atoms with Crippen LogP contribution in [0.5, 0.6) is 11.5 Å². The van der Waals surface area contributed by atoms with E-state index in [1.54, 1.807) is 19.1 Å². The van der Waals surface area contributed by atoms with Gasteiger partial charge in [0.05, 0.1) is 19.3 Å². The van der Waals surface area contributed by atoms with Crippen LogP contribution in [0.15, 0.2) is 24.3 Å². The molecule has 0 spiro atoms. The van der Waals surface area contributed by atoms with Gasteiger partial charge in [-0.05, 0) is 13.0 Å². The number of aliphatic hydroxyl groups is 3. The molecule has 0 radical (unpaired) electrons. The monoisotopic (exact) mass is 380 g/mol. The summed E-state index contributed by atoms with van der Waals surface area (Å²) in [6.07, 6.45) is -2.15. The molecule has 3 rings (SSSR count). The van der Waals surface area contributed by atoms with Crippen molar-refractivity contribution in [3.8, 4) is 11.5 Å². The van der Waals surface area contributed by atoms with Crippen molar-refractivity contribution in [3.63, 3.8) is 0 Å². The van der Waals surface area contributed by atoms with Gasteiger partial charge in [0, 0.05) is 24.5 Å². The Bertz CT molecular complexity index is 731. The highest BCUT2D eigenvalue weighted by molar-refractivity contribution is 5.95. The topological polar surface area (TPSA) is 129 Å². The molecule has 1 aromatic carbocycles. The molecule has 0 bridgehead atoms. The normalized spacial score (nSPS) is 35.2. The number of epoxide rings is 1. The summed E-state index contributed by atoms with van der Waals surface area (Å²) in [5, 5.41) is 40.5. The maximum atomic E-state index is 12.6. The highest BCUT2D eigenvalue weighted by atomic mass is 16.6. The molecule has 2 aliphatic heterocycles. The predicted octanol–water partition coefficient (Wildman–Crippen LogP) is 0.819. The van der Waals surface area contributed by atoms with Crippen molar-refractivity contribution >= 4 is 5.97 Å². The number of rotatable bonds is 1. The lowest BCUT2D eigenvalue weighted by atomic mass is 9.96. The number of phenols is 1. The second-order valence-electron chi connectivity index (χ2n) is 6.87. The van der Waals surface area contributed by atoms with Gasteiger partial charge in [-0.2, -0.15) is 0 Å². The lowest BCUT2D eigenvalue weighted by molar-refractivity contribution is -0.0464. The van der Waals surface area contributed by atoms with Crippen molar-refractivity contribution in [2.45, 2.75) is 56.4 Å².